The van der Waals surface area contributed by atoms with Gasteiger partial charge >= 0.3 is 0 Å². The number of piperidine rings is 3. The highest BCUT2D eigenvalue weighted by Crippen LogP contribution is 2.38. The molecule has 2 bridgehead atoms. The van der Waals surface area contributed by atoms with E-state index in [9.17, 15) is 9.59 Å². The average molecular weight is 342 g/mol. The molecule has 1 aromatic rings. The highest BCUT2D eigenvalue weighted by atomic mass is 16.5. The minimum Gasteiger partial charge on any atom is -0.493 e. The first kappa shape index (κ1) is 16.4. The number of amides is 2. The number of carbonyl (C=O) groups excluding carboxylic acids is 2. The molecule has 0 radical (unpaired) electrons. The fourth-order valence-electron chi connectivity index (χ4n) is 4.87. The third-order valence-corrected chi connectivity index (χ3v) is 5.88. The molecule has 0 unspecified atom stereocenters. The van der Waals surface area contributed by atoms with E-state index in [0.29, 0.717) is 48.1 Å². The lowest BCUT2D eigenvalue weighted by molar-refractivity contribution is -0.144. The molecule has 5 nitrogen and oxygen atoms in total. The fourth-order valence-corrected chi connectivity index (χ4v) is 4.87. The lowest BCUT2D eigenvalue weighted by Gasteiger charge is -2.52. The van der Waals surface area contributed by atoms with Gasteiger partial charge in [0.1, 0.15) is 5.75 Å². The van der Waals surface area contributed by atoms with Crippen LogP contribution in [0.4, 0.5) is 0 Å². The van der Waals surface area contributed by atoms with Crippen LogP contribution in [0.1, 0.15) is 43.0 Å². The van der Waals surface area contributed by atoms with Gasteiger partial charge in [-0.3, -0.25) is 9.59 Å². The molecule has 3 atom stereocenters. The minimum absolute atomic E-state index is 0.0642. The van der Waals surface area contributed by atoms with Crippen LogP contribution in [0.5, 0.6) is 5.75 Å². The maximum Gasteiger partial charge on any atom is 0.257 e. The number of ether oxygens (including phenoxy) is 1. The van der Waals surface area contributed by atoms with Gasteiger partial charge in [0.2, 0.25) is 5.91 Å². The number of hydrogen-bond donors (Lipinski definition) is 0. The van der Waals surface area contributed by atoms with Gasteiger partial charge in [-0.25, -0.2) is 0 Å². The van der Waals surface area contributed by atoms with Gasteiger partial charge in [-0.05, 0) is 50.2 Å². The van der Waals surface area contributed by atoms with Crippen LogP contribution in [0.25, 0.3) is 0 Å². The van der Waals surface area contributed by atoms with Crippen LogP contribution in [0.2, 0.25) is 0 Å². The van der Waals surface area contributed by atoms with Crippen LogP contribution in [0, 0.1) is 11.8 Å². The zero-order chi connectivity index (χ0) is 17.4. The van der Waals surface area contributed by atoms with Gasteiger partial charge in [0.15, 0.2) is 0 Å². The number of carbonyl (C=O) groups is 2. The number of para-hydroxylation sites is 1. The number of rotatable bonds is 3. The Hall–Kier alpha value is -2.04. The zero-order valence-electron chi connectivity index (χ0n) is 14.8. The molecule has 134 valence electrons. The van der Waals surface area contributed by atoms with Crippen molar-refractivity contribution in [2.24, 2.45) is 11.8 Å². The van der Waals surface area contributed by atoms with Crippen LogP contribution >= 0.6 is 0 Å². The van der Waals surface area contributed by atoms with Gasteiger partial charge in [-0.2, -0.15) is 0 Å². The van der Waals surface area contributed by atoms with Crippen molar-refractivity contribution < 1.29 is 14.3 Å². The maximum atomic E-state index is 13.1. The van der Waals surface area contributed by atoms with Crippen LogP contribution in [-0.2, 0) is 4.79 Å². The van der Waals surface area contributed by atoms with E-state index >= 15 is 0 Å². The number of benzene rings is 1. The summed E-state index contributed by atoms with van der Waals surface area (Å²) in [6.07, 6.45) is 3.91. The van der Waals surface area contributed by atoms with Crippen molar-refractivity contribution in [1.82, 2.24) is 9.80 Å². The van der Waals surface area contributed by atoms with E-state index in [1.54, 1.807) is 0 Å². The normalized spacial score (nSPS) is 28.5. The first-order valence-corrected chi connectivity index (χ1v) is 9.48. The van der Waals surface area contributed by atoms with E-state index in [0.717, 1.165) is 38.9 Å². The fraction of sp³-hybridized carbons (Fsp3) is 0.600. The summed E-state index contributed by atoms with van der Waals surface area (Å²) in [6.45, 7) is 4.79. The predicted molar refractivity (Wildman–Crippen MR) is 94.5 cm³/mol. The number of hydrogen-bond acceptors (Lipinski definition) is 3. The summed E-state index contributed by atoms with van der Waals surface area (Å²) in [6, 6.07) is 7.84. The van der Waals surface area contributed by atoms with E-state index in [2.05, 4.69) is 4.90 Å². The minimum atomic E-state index is 0.0642. The summed E-state index contributed by atoms with van der Waals surface area (Å²) in [5.41, 5.74) is 0.654. The number of nitrogens with zero attached hydrogens (tertiary/aromatic N) is 2. The quantitative estimate of drug-likeness (QED) is 0.848. The largest absolute Gasteiger partial charge is 0.493 e. The highest BCUT2D eigenvalue weighted by molar-refractivity contribution is 5.97. The van der Waals surface area contributed by atoms with Gasteiger partial charge in [0.25, 0.3) is 5.91 Å². The molecule has 25 heavy (non-hydrogen) atoms. The molecule has 3 aliphatic heterocycles. The molecule has 0 N–H and O–H groups in total. The van der Waals surface area contributed by atoms with Gasteiger partial charge in [0.05, 0.1) is 12.2 Å². The Bertz CT molecular complexity index is 675. The smallest absolute Gasteiger partial charge is 0.257 e. The lowest BCUT2D eigenvalue weighted by atomic mass is 9.76. The Morgan fingerprint density at radius 3 is 2.92 bits per heavy atom. The number of fused-ring (bicyclic) bond motifs is 4. The Morgan fingerprint density at radius 2 is 2.08 bits per heavy atom. The van der Waals surface area contributed by atoms with Crippen LogP contribution in [-0.4, -0.2) is 53.9 Å². The second-order valence-corrected chi connectivity index (χ2v) is 7.51. The van der Waals surface area contributed by atoms with Crippen molar-refractivity contribution in [2.75, 3.05) is 26.2 Å². The Morgan fingerprint density at radius 1 is 1.24 bits per heavy atom. The molecule has 3 fully saturated rings. The molecule has 4 rings (SSSR count). The third-order valence-electron chi connectivity index (χ3n) is 5.88. The van der Waals surface area contributed by atoms with Crippen LogP contribution in [0.3, 0.4) is 0 Å². The zero-order valence-corrected chi connectivity index (χ0v) is 14.8. The van der Waals surface area contributed by atoms with Crippen molar-refractivity contribution in [1.29, 1.82) is 0 Å². The molecule has 5 heteroatoms. The maximum absolute atomic E-state index is 13.1. The number of likely N-dealkylation sites (tertiary alicyclic amines) is 1. The standard InChI is InChI=1S/C20H26N2O3/c1-2-25-18-8-4-3-6-16(18)20(24)21-11-14-10-15(13-21)17-7-5-9-19(23)22(17)12-14/h3-4,6,8,14-15,17H,2,5,7,9-13H2,1H3/t14-,15-,17-/m1/s1. The average Bonchev–Trinajstić information content (AvgIpc) is 2.63. The predicted octanol–water partition coefficient (Wildman–Crippen LogP) is 2.56. The van der Waals surface area contributed by atoms with Gasteiger partial charge in [-0.1, -0.05) is 12.1 Å². The molecule has 0 saturated carbocycles. The lowest BCUT2D eigenvalue weighted by Crippen LogP contribution is -2.61. The molecular weight excluding hydrogens is 316 g/mol. The van der Waals surface area contributed by atoms with Crippen LogP contribution in [0.15, 0.2) is 24.3 Å². The van der Waals surface area contributed by atoms with E-state index in [-0.39, 0.29) is 5.91 Å². The first-order chi connectivity index (χ1) is 12.2. The van der Waals surface area contributed by atoms with Gasteiger partial charge < -0.3 is 14.5 Å². The molecule has 1 aromatic carbocycles. The summed E-state index contributed by atoms with van der Waals surface area (Å²) < 4.78 is 5.64. The SMILES string of the molecule is CCOc1ccccc1C(=O)N1C[C@H]2C[C@H](C1)[C@H]1CCCC(=O)N1C2. The van der Waals surface area contributed by atoms with Crippen molar-refractivity contribution in [2.45, 2.75) is 38.6 Å². The summed E-state index contributed by atoms with van der Waals surface area (Å²) in [5.74, 6) is 1.86. The molecular formula is C20H26N2O3. The molecule has 2 amide bonds. The molecule has 3 saturated heterocycles. The second-order valence-electron chi connectivity index (χ2n) is 7.51. The topological polar surface area (TPSA) is 49.9 Å². The molecule has 0 spiro atoms. The Labute approximate surface area is 148 Å². The van der Waals surface area contributed by atoms with Gasteiger partial charge in [-0.15, -0.1) is 0 Å². The van der Waals surface area contributed by atoms with Crippen LogP contribution < -0.4 is 4.74 Å². The molecule has 3 heterocycles. The molecule has 0 aliphatic carbocycles. The van der Waals surface area contributed by atoms with Crippen molar-refractivity contribution in [3.05, 3.63) is 29.8 Å². The highest BCUT2D eigenvalue weighted by Gasteiger charge is 2.45. The summed E-state index contributed by atoms with van der Waals surface area (Å²) in [7, 11) is 0. The molecule has 3 aliphatic rings. The first-order valence-electron chi connectivity index (χ1n) is 9.48. The Kier molecular flexibility index (Phi) is 4.40. The van der Waals surface area contributed by atoms with E-state index < -0.39 is 0 Å². The van der Waals surface area contributed by atoms with Crippen molar-refractivity contribution in [3.8, 4) is 5.75 Å². The molecule has 0 aromatic heterocycles. The summed E-state index contributed by atoms with van der Waals surface area (Å²) in [4.78, 5) is 29.5. The summed E-state index contributed by atoms with van der Waals surface area (Å²) >= 11 is 0. The van der Waals surface area contributed by atoms with E-state index in [1.165, 1.54) is 0 Å². The monoisotopic (exact) mass is 342 g/mol. The van der Waals surface area contributed by atoms with Crippen molar-refractivity contribution in [3.63, 3.8) is 0 Å². The van der Waals surface area contributed by atoms with E-state index in [1.807, 2.05) is 36.1 Å². The third kappa shape index (κ3) is 3.00. The van der Waals surface area contributed by atoms with Crippen molar-refractivity contribution >= 4 is 11.8 Å². The van der Waals surface area contributed by atoms with Gasteiger partial charge in [0, 0.05) is 32.1 Å². The second kappa shape index (κ2) is 6.70. The Balaban J connectivity index is 1.54. The van der Waals surface area contributed by atoms with E-state index in [4.69, 9.17) is 4.74 Å². The summed E-state index contributed by atoms with van der Waals surface area (Å²) in [5, 5.41) is 0.